The Labute approximate surface area is 108 Å². The molecule has 2 fully saturated rings. The van der Waals surface area contributed by atoms with Gasteiger partial charge in [0.15, 0.2) is 0 Å². The first-order valence-electron chi connectivity index (χ1n) is 6.50. The maximum atomic E-state index is 12.1. The first kappa shape index (κ1) is 13.8. The standard InChI is InChI=1S/C11H20N2O4S/c14-11(15)10-6-1-2-7-13(10)18(16,17)12-8-9-4-3-5-9/h9-10,12H,1-8H2,(H,14,15). The summed E-state index contributed by atoms with van der Waals surface area (Å²) in [7, 11) is -3.65. The van der Waals surface area contributed by atoms with Gasteiger partial charge in [-0.15, -0.1) is 0 Å². The van der Waals surface area contributed by atoms with E-state index in [0.29, 0.717) is 25.4 Å². The predicted octanol–water partition coefficient (Wildman–Crippen LogP) is 0.560. The van der Waals surface area contributed by atoms with Crippen LogP contribution >= 0.6 is 0 Å². The van der Waals surface area contributed by atoms with Crippen molar-refractivity contribution in [3.8, 4) is 0 Å². The van der Waals surface area contributed by atoms with Gasteiger partial charge in [0.1, 0.15) is 6.04 Å². The first-order valence-corrected chi connectivity index (χ1v) is 7.94. The van der Waals surface area contributed by atoms with Crippen LogP contribution < -0.4 is 4.72 Å². The van der Waals surface area contributed by atoms with E-state index >= 15 is 0 Å². The summed E-state index contributed by atoms with van der Waals surface area (Å²) in [5.41, 5.74) is 0. The molecule has 1 heterocycles. The quantitative estimate of drug-likeness (QED) is 0.768. The van der Waals surface area contributed by atoms with Gasteiger partial charge in [0.2, 0.25) is 0 Å². The van der Waals surface area contributed by atoms with Crippen LogP contribution in [0.1, 0.15) is 38.5 Å². The molecule has 18 heavy (non-hydrogen) atoms. The maximum Gasteiger partial charge on any atom is 0.322 e. The number of hydrogen-bond acceptors (Lipinski definition) is 3. The lowest BCUT2D eigenvalue weighted by atomic mass is 9.86. The maximum absolute atomic E-state index is 12.1. The third kappa shape index (κ3) is 3.02. The minimum absolute atomic E-state index is 0.303. The third-order valence-electron chi connectivity index (χ3n) is 3.83. The van der Waals surface area contributed by atoms with Gasteiger partial charge in [0.05, 0.1) is 0 Å². The van der Waals surface area contributed by atoms with E-state index in [0.717, 1.165) is 36.4 Å². The topological polar surface area (TPSA) is 86.7 Å². The Morgan fingerprint density at radius 1 is 1.22 bits per heavy atom. The van der Waals surface area contributed by atoms with Crippen LogP contribution in [0.4, 0.5) is 0 Å². The van der Waals surface area contributed by atoms with Crippen molar-refractivity contribution in [1.29, 1.82) is 0 Å². The Kier molecular flexibility index (Phi) is 4.24. The zero-order chi connectivity index (χ0) is 13.2. The highest BCUT2D eigenvalue weighted by atomic mass is 32.2. The van der Waals surface area contributed by atoms with Gasteiger partial charge in [-0.2, -0.15) is 12.7 Å². The number of carbonyl (C=O) groups is 1. The lowest BCUT2D eigenvalue weighted by Crippen LogP contribution is -2.52. The Morgan fingerprint density at radius 2 is 1.94 bits per heavy atom. The number of carboxylic acids is 1. The predicted molar refractivity (Wildman–Crippen MR) is 66.2 cm³/mol. The molecule has 1 saturated heterocycles. The largest absolute Gasteiger partial charge is 0.480 e. The van der Waals surface area contributed by atoms with Crippen molar-refractivity contribution in [3.63, 3.8) is 0 Å². The molecule has 2 aliphatic rings. The van der Waals surface area contributed by atoms with Crippen LogP contribution in [-0.2, 0) is 15.0 Å². The highest BCUT2D eigenvalue weighted by molar-refractivity contribution is 7.87. The number of carboxylic acid groups (broad SMARTS) is 1. The fourth-order valence-electron chi connectivity index (χ4n) is 2.44. The van der Waals surface area contributed by atoms with Crippen molar-refractivity contribution in [2.75, 3.05) is 13.1 Å². The average Bonchev–Trinajstić information content (AvgIpc) is 2.26. The number of hydrogen-bond donors (Lipinski definition) is 2. The monoisotopic (exact) mass is 276 g/mol. The van der Waals surface area contributed by atoms with Crippen LogP contribution in [0.5, 0.6) is 0 Å². The molecule has 0 aromatic heterocycles. The van der Waals surface area contributed by atoms with Crippen molar-refractivity contribution in [1.82, 2.24) is 9.03 Å². The SMILES string of the molecule is O=C(O)C1CCCCN1S(=O)(=O)NCC1CCC1. The molecule has 7 heteroatoms. The van der Waals surface area contributed by atoms with Crippen LogP contribution in [-0.4, -0.2) is 42.9 Å². The molecule has 0 radical (unpaired) electrons. The molecule has 2 rings (SSSR count). The summed E-state index contributed by atoms with van der Waals surface area (Å²) >= 11 is 0. The molecule has 0 spiro atoms. The smallest absolute Gasteiger partial charge is 0.322 e. The zero-order valence-corrected chi connectivity index (χ0v) is 11.2. The molecule has 1 aliphatic heterocycles. The van der Waals surface area contributed by atoms with Gasteiger partial charge in [-0.3, -0.25) is 4.79 Å². The molecule has 2 N–H and O–H groups in total. The lowest BCUT2D eigenvalue weighted by molar-refractivity contribution is -0.142. The number of nitrogens with one attached hydrogen (secondary N) is 1. The molecule has 104 valence electrons. The second-order valence-corrected chi connectivity index (χ2v) is 6.82. The van der Waals surface area contributed by atoms with Crippen LogP contribution in [0.3, 0.4) is 0 Å². The summed E-state index contributed by atoms with van der Waals surface area (Å²) in [6.45, 7) is 0.738. The van der Waals surface area contributed by atoms with Gasteiger partial charge in [-0.1, -0.05) is 6.42 Å². The zero-order valence-electron chi connectivity index (χ0n) is 10.3. The Bertz CT molecular complexity index is 405. The van der Waals surface area contributed by atoms with Crippen LogP contribution in [0, 0.1) is 5.92 Å². The summed E-state index contributed by atoms with van der Waals surface area (Å²) < 4.78 is 27.9. The number of nitrogens with zero attached hydrogens (tertiary/aromatic N) is 1. The fourth-order valence-corrected chi connectivity index (χ4v) is 3.95. The van der Waals surface area contributed by atoms with Gasteiger partial charge in [0, 0.05) is 13.1 Å². The third-order valence-corrected chi connectivity index (χ3v) is 5.41. The second-order valence-electron chi connectivity index (χ2n) is 5.11. The molecule has 0 aromatic carbocycles. The fraction of sp³-hybridized carbons (Fsp3) is 0.909. The van der Waals surface area contributed by atoms with Gasteiger partial charge >= 0.3 is 5.97 Å². The van der Waals surface area contributed by atoms with Gasteiger partial charge in [0.25, 0.3) is 10.2 Å². The van der Waals surface area contributed by atoms with Crippen LogP contribution in [0.25, 0.3) is 0 Å². The summed E-state index contributed by atoms with van der Waals surface area (Å²) in [4.78, 5) is 11.1. The Hall–Kier alpha value is -0.660. The van der Waals surface area contributed by atoms with Crippen molar-refractivity contribution in [2.24, 2.45) is 5.92 Å². The summed E-state index contributed by atoms with van der Waals surface area (Å²) in [6, 6.07) is -0.905. The Morgan fingerprint density at radius 3 is 2.50 bits per heavy atom. The normalized spacial score (nSPS) is 26.8. The van der Waals surface area contributed by atoms with E-state index in [2.05, 4.69) is 4.72 Å². The average molecular weight is 276 g/mol. The molecule has 0 amide bonds. The summed E-state index contributed by atoms with van der Waals surface area (Å²) in [6.07, 6.45) is 5.18. The minimum atomic E-state index is -3.65. The van der Waals surface area contributed by atoms with E-state index in [1.165, 1.54) is 0 Å². The molecule has 1 unspecified atom stereocenters. The highest BCUT2D eigenvalue weighted by Crippen LogP contribution is 2.26. The molecule has 1 aliphatic carbocycles. The lowest BCUT2D eigenvalue weighted by Gasteiger charge is -2.33. The van der Waals surface area contributed by atoms with Crippen molar-refractivity contribution >= 4 is 16.2 Å². The number of piperidine rings is 1. The number of rotatable bonds is 5. The van der Waals surface area contributed by atoms with E-state index in [1.54, 1.807) is 0 Å². The molecular weight excluding hydrogens is 256 g/mol. The van der Waals surface area contributed by atoms with E-state index < -0.39 is 22.2 Å². The van der Waals surface area contributed by atoms with E-state index in [-0.39, 0.29) is 0 Å². The second kappa shape index (κ2) is 5.54. The van der Waals surface area contributed by atoms with Gasteiger partial charge < -0.3 is 5.11 Å². The molecule has 0 bridgehead atoms. The van der Waals surface area contributed by atoms with Crippen LogP contribution in [0.15, 0.2) is 0 Å². The molecule has 1 atom stereocenters. The van der Waals surface area contributed by atoms with E-state index in [1.807, 2.05) is 0 Å². The minimum Gasteiger partial charge on any atom is -0.480 e. The van der Waals surface area contributed by atoms with Gasteiger partial charge in [-0.05, 0) is 38.0 Å². The van der Waals surface area contributed by atoms with E-state index in [4.69, 9.17) is 5.11 Å². The first-order chi connectivity index (χ1) is 8.50. The van der Waals surface area contributed by atoms with Crippen molar-refractivity contribution < 1.29 is 18.3 Å². The molecule has 6 nitrogen and oxygen atoms in total. The summed E-state index contributed by atoms with van der Waals surface area (Å²) in [5.74, 6) is -0.628. The van der Waals surface area contributed by atoms with E-state index in [9.17, 15) is 13.2 Å². The molecule has 1 saturated carbocycles. The summed E-state index contributed by atoms with van der Waals surface area (Å²) in [5, 5.41) is 9.07. The van der Waals surface area contributed by atoms with Crippen LogP contribution in [0.2, 0.25) is 0 Å². The Balaban J connectivity index is 1.98. The van der Waals surface area contributed by atoms with Gasteiger partial charge in [-0.25, -0.2) is 4.72 Å². The molecule has 0 aromatic rings. The van der Waals surface area contributed by atoms with Crippen molar-refractivity contribution in [2.45, 2.75) is 44.6 Å². The number of aliphatic carboxylic acids is 1. The molecular formula is C11H20N2O4S. The highest BCUT2D eigenvalue weighted by Gasteiger charge is 2.36. The van der Waals surface area contributed by atoms with Crippen molar-refractivity contribution in [3.05, 3.63) is 0 Å².